The number of carbonyl (C=O) groups is 1. The van der Waals surface area contributed by atoms with Crippen LogP contribution in [0.3, 0.4) is 0 Å². The van der Waals surface area contributed by atoms with Crippen molar-refractivity contribution in [3.8, 4) is 6.07 Å². The molecule has 2 aliphatic rings. The number of rotatable bonds is 1. The average Bonchev–Trinajstić information content (AvgIpc) is 2.76. The largest absolute Gasteiger partial charge is 0.282 e. The van der Waals surface area contributed by atoms with Gasteiger partial charge in [-0.25, -0.2) is 13.8 Å². The molecule has 130 valence electrons. The highest BCUT2D eigenvalue weighted by Gasteiger charge is 2.59. The summed E-state index contributed by atoms with van der Waals surface area (Å²) in [5.41, 5.74) is -1.33. The number of amides is 1. The summed E-state index contributed by atoms with van der Waals surface area (Å²) in [7, 11) is 0. The van der Waals surface area contributed by atoms with Crippen LogP contribution >= 0.6 is 0 Å². The molecule has 1 spiro atoms. The van der Waals surface area contributed by atoms with Crippen LogP contribution in [0.4, 0.5) is 14.7 Å². The van der Waals surface area contributed by atoms with Crippen LogP contribution in [0.25, 0.3) is 11.0 Å². The number of hydrogen-bond acceptors (Lipinski definition) is 3. The van der Waals surface area contributed by atoms with Crippen LogP contribution in [-0.2, 0) is 10.5 Å². The minimum absolute atomic E-state index is 0.00828. The molecule has 4 rings (SSSR count). The molecule has 2 aromatic rings. The zero-order valence-corrected chi connectivity index (χ0v) is 14.4. The Labute approximate surface area is 143 Å². The van der Waals surface area contributed by atoms with Gasteiger partial charge in [0.1, 0.15) is 22.8 Å². The summed E-state index contributed by atoms with van der Waals surface area (Å²) < 4.78 is 30.6. The molecule has 0 unspecified atom stereocenters. The Morgan fingerprint density at radius 1 is 1.40 bits per heavy atom. The standard InChI is InChI=1S/C18H18F2N4O/c1-17(2,3)8-12(25)23-16-22-14-11(19)7-10(9-21)13(20)15(14)24(16)18(23)5-4-6-18/h7H,4-6,8H2,1-3H3. The Morgan fingerprint density at radius 2 is 2.08 bits per heavy atom. The zero-order chi connectivity index (χ0) is 18.1. The van der Waals surface area contributed by atoms with Crippen molar-refractivity contribution in [1.29, 1.82) is 5.26 Å². The van der Waals surface area contributed by atoms with Gasteiger partial charge in [0.15, 0.2) is 11.6 Å². The molecule has 7 heteroatoms. The SMILES string of the molecule is CC(C)(C)CC(=O)N1c2nc3c(F)cc(C#N)c(F)c3n2C12CCC2. The number of imidazole rings is 1. The van der Waals surface area contributed by atoms with E-state index in [0.717, 1.165) is 12.5 Å². The summed E-state index contributed by atoms with van der Waals surface area (Å²) in [6.45, 7) is 5.92. The summed E-state index contributed by atoms with van der Waals surface area (Å²) in [4.78, 5) is 18.6. The number of nitrogens with zero attached hydrogens (tertiary/aromatic N) is 4. The molecule has 1 amide bonds. The molecule has 0 radical (unpaired) electrons. The number of nitriles is 1. The fraction of sp³-hybridized carbons (Fsp3) is 0.500. The van der Waals surface area contributed by atoms with Gasteiger partial charge < -0.3 is 0 Å². The molecule has 2 heterocycles. The van der Waals surface area contributed by atoms with E-state index >= 15 is 0 Å². The van der Waals surface area contributed by atoms with Gasteiger partial charge in [0.25, 0.3) is 0 Å². The highest BCUT2D eigenvalue weighted by Crippen LogP contribution is 2.56. The van der Waals surface area contributed by atoms with Crippen molar-refractivity contribution in [2.24, 2.45) is 5.41 Å². The lowest BCUT2D eigenvalue weighted by Crippen LogP contribution is -2.66. The molecule has 0 bridgehead atoms. The quantitative estimate of drug-likeness (QED) is 0.790. The minimum atomic E-state index is -0.771. The van der Waals surface area contributed by atoms with E-state index in [0.29, 0.717) is 19.3 Å². The predicted molar refractivity (Wildman–Crippen MR) is 87.7 cm³/mol. The van der Waals surface area contributed by atoms with Gasteiger partial charge in [0.2, 0.25) is 11.9 Å². The van der Waals surface area contributed by atoms with Crippen molar-refractivity contribution in [3.05, 3.63) is 23.3 Å². The number of hydrogen-bond donors (Lipinski definition) is 0. The second-order valence-electron chi connectivity index (χ2n) is 8.08. The van der Waals surface area contributed by atoms with E-state index in [1.165, 1.54) is 0 Å². The number of anilines is 1. The molecule has 1 aromatic heterocycles. The molecule has 1 aliphatic carbocycles. The maximum atomic E-state index is 14.7. The van der Waals surface area contributed by atoms with Crippen LogP contribution in [0, 0.1) is 28.4 Å². The van der Waals surface area contributed by atoms with Crippen LogP contribution in [0.2, 0.25) is 0 Å². The van der Waals surface area contributed by atoms with Crippen LogP contribution in [-0.4, -0.2) is 15.5 Å². The second-order valence-corrected chi connectivity index (χ2v) is 8.08. The smallest absolute Gasteiger partial charge is 0.231 e. The Bertz CT molecular complexity index is 960. The number of fused-ring (bicyclic) bond motifs is 4. The van der Waals surface area contributed by atoms with Gasteiger partial charge in [0.05, 0.1) is 5.56 Å². The topological polar surface area (TPSA) is 61.9 Å². The Balaban J connectivity index is 1.91. The summed E-state index contributed by atoms with van der Waals surface area (Å²) in [6, 6.07) is 2.54. The molecule has 1 aliphatic heterocycles. The fourth-order valence-electron chi connectivity index (χ4n) is 3.85. The third kappa shape index (κ3) is 1.97. The number of carbonyl (C=O) groups excluding carboxylic acids is 1. The molecule has 1 saturated carbocycles. The maximum absolute atomic E-state index is 14.7. The molecule has 1 aromatic carbocycles. The molecule has 0 saturated heterocycles. The number of halogens is 2. The van der Waals surface area contributed by atoms with E-state index in [2.05, 4.69) is 4.98 Å². The highest BCUT2D eigenvalue weighted by atomic mass is 19.1. The normalized spacial score (nSPS) is 17.8. The molecular formula is C18H18F2N4O. The van der Waals surface area contributed by atoms with E-state index in [-0.39, 0.29) is 33.9 Å². The third-order valence-electron chi connectivity index (χ3n) is 5.04. The van der Waals surface area contributed by atoms with Gasteiger partial charge >= 0.3 is 0 Å². The van der Waals surface area contributed by atoms with E-state index in [4.69, 9.17) is 5.26 Å². The zero-order valence-electron chi connectivity index (χ0n) is 14.4. The van der Waals surface area contributed by atoms with Crippen molar-refractivity contribution in [2.45, 2.75) is 52.1 Å². The van der Waals surface area contributed by atoms with Crippen molar-refractivity contribution in [1.82, 2.24) is 9.55 Å². The van der Waals surface area contributed by atoms with Gasteiger partial charge in [-0.1, -0.05) is 20.8 Å². The lowest BCUT2D eigenvalue weighted by Gasteiger charge is -2.58. The summed E-state index contributed by atoms with van der Waals surface area (Å²) in [5, 5.41) is 9.04. The lowest BCUT2D eigenvalue weighted by molar-refractivity contribution is -0.125. The lowest BCUT2D eigenvalue weighted by atomic mass is 9.79. The summed E-state index contributed by atoms with van der Waals surface area (Å²) >= 11 is 0. The first-order chi connectivity index (χ1) is 11.7. The van der Waals surface area contributed by atoms with E-state index in [1.54, 1.807) is 15.5 Å². The molecule has 5 nitrogen and oxygen atoms in total. The van der Waals surface area contributed by atoms with Gasteiger partial charge in [-0.3, -0.25) is 14.3 Å². The highest BCUT2D eigenvalue weighted by molar-refractivity contribution is 5.99. The predicted octanol–water partition coefficient (Wildman–Crippen LogP) is 3.81. The molecule has 0 N–H and O–H groups in total. The van der Waals surface area contributed by atoms with Crippen molar-refractivity contribution >= 4 is 22.9 Å². The first-order valence-electron chi connectivity index (χ1n) is 8.34. The summed E-state index contributed by atoms with van der Waals surface area (Å²) in [6.07, 6.45) is 2.59. The Morgan fingerprint density at radius 3 is 2.60 bits per heavy atom. The Kier molecular flexibility index (Phi) is 3.06. The van der Waals surface area contributed by atoms with Gasteiger partial charge in [-0.2, -0.15) is 5.26 Å². The van der Waals surface area contributed by atoms with Gasteiger partial charge in [-0.15, -0.1) is 0 Å². The molecular weight excluding hydrogens is 326 g/mol. The number of benzene rings is 1. The fourth-order valence-corrected chi connectivity index (χ4v) is 3.85. The third-order valence-corrected chi connectivity index (χ3v) is 5.04. The molecule has 25 heavy (non-hydrogen) atoms. The summed E-state index contributed by atoms with van der Waals surface area (Å²) in [5.74, 6) is -1.33. The maximum Gasteiger partial charge on any atom is 0.231 e. The average molecular weight is 344 g/mol. The van der Waals surface area contributed by atoms with Gasteiger partial charge in [0, 0.05) is 6.42 Å². The van der Waals surface area contributed by atoms with Crippen molar-refractivity contribution < 1.29 is 13.6 Å². The van der Waals surface area contributed by atoms with Crippen LogP contribution in [0.15, 0.2) is 6.07 Å². The van der Waals surface area contributed by atoms with E-state index < -0.39 is 17.3 Å². The minimum Gasteiger partial charge on any atom is -0.282 e. The number of aromatic nitrogens is 2. The first-order valence-corrected chi connectivity index (χ1v) is 8.34. The first kappa shape index (κ1) is 16.0. The van der Waals surface area contributed by atoms with E-state index in [9.17, 15) is 13.6 Å². The van der Waals surface area contributed by atoms with Crippen molar-refractivity contribution in [2.75, 3.05) is 4.90 Å². The monoisotopic (exact) mass is 344 g/mol. The van der Waals surface area contributed by atoms with Crippen molar-refractivity contribution in [3.63, 3.8) is 0 Å². The van der Waals surface area contributed by atoms with Crippen LogP contribution in [0.1, 0.15) is 52.0 Å². The Hall–Kier alpha value is -2.49. The molecule has 1 fully saturated rings. The molecule has 0 atom stereocenters. The van der Waals surface area contributed by atoms with E-state index in [1.807, 2.05) is 20.8 Å². The second kappa shape index (κ2) is 4.78. The van der Waals surface area contributed by atoms with Gasteiger partial charge in [-0.05, 0) is 30.7 Å². The van der Waals surface area contributed by atoms with Crippen LogP contribution < -0.4 is 4.90 Å². The van der Waals surface area contributed by atoms with Crippen LogP contribution in [0.5, 0.6) is 0 Å².